The lowest BCUT2D eigenvalue weighted by atomic mass is 10.1. The zero-order valence-electron chi connectivity index (χ0n) is 8.91. The monoisotopic (exact) mass is 247 g/mol. The molecular formula is C12H7ClFN3. The third-order valence-electron chi connectivity index (χ3n) is 2.30. The Morgan fingerprint density at radius 3 is 2.82 bits per heavy atom. The lowest BCUT2D eigenvalue weighted by Gasteiger charge is -2.06. The number of benzene rings is 1. The van der Waals surface area contributed by atoms with Crippen LogP contribution in [0.15, 0.2) is 24.4 Å². The van der Waals surface area contributed by atoms with E-state index in [0.29, 0.717) is 11.3 Å². The van der Waals surface area contributed by atoms with Gasteiger partial charge in [-0.3, -0.25) is 0 Å². The van der Waals surface area contributed by atoms with Crippen LogP contribution in [0.5, 0.6) is 0 Å². The van der Waals surface area contributed by atoms with Crippen molar-refractivity contribution >= 4 is 11.6 Å². The van der Waals surface area contributed by atoms with Crippen molar-refractivity contribution < 1.29 is 4.39 Å². The van der Waals surface area contributed by atoms with E-state index >= 15 is 0 Å². The van der Waals surface area contributed by atoms with Crippen molar-refractivity contribution in [1.29, 1.82) is 5.26 Å². The number of nitrogens with zero attached hydrogens (tertiary/aromatic N) is 3. The van der Waals surface area contributed by atoms with E-state index in [0.717, 1.165) is 5.56 Å². The fraction of sp³-hybridized carbons (Fsp3) is 0.0833. The summed E-state index contributed by atoms with van der Waals surface area (Å²) in [6, 6.07) is 6.09. The average molecular weight is 248 g/mol. The van der Waals surface area contributed by atoms with Crippen LogP contribution in [0.4, 0.5) is 4.39 Å². The van der Waals surface area contributed by atoms with Crippen LogP contribution >= 0.6 is 11.6 Å². The smallest absolute Gasteiger partial charge is 0.222 e. The molecule has 0 aliphatic carbocycles. The molecule has 0 amide bonds. The second-order valence-electron chi connectivity index (χ2n) is 3.48. The van der Waals surface area contributed by atoms with Gasteiger partial charge in [0.25, 0.3) is 0 Å². The summed E-state index contributed by atoms with van der Waals surface area (Å²) in [5.74, 6) is -0.498. The first kappa shape index (κ1) is 11.5. The normalized spacial score (nSPS) is 10.0. The van der Waals surface area contributed by atoms with E-state index in [2.05, 4.69) is 9.97 Å². The van der Waals surface area contributed by atoms with Crippen molar-refractivity contribution in [2.75, 3.05) is 0 Å². The summed E-state index contributed by atoms with van der Waals surface area (Å²) in [6.45, 7) is 1.77. The highest BCUT2D eigenvalue weighted by atomic mass is 35.5. The number of rotatable bonds is 1. The average Bonchev–Trinajstić information content (AvgIpc) is 2.32. The maximum absolute atomic E-state index is 13.8. The van der Waals surface area contributed by atoms with Crippen LogP contribution in [-0.4, -0.2) is 9.97 Å². The summed E-state index contributed by atoms with van der Waals surface area (Å²) in [7, 11) is 0. The van der Waals surface area contributed by atoms with E-state index in [1.807, 2.05) is 6.07 Å². The van der Waals surface area contributed by atoms with Crippen molar-refractivity contribution in [2.24, 2.45) is 0 Å². The Balaban J connectivity index is 2.61. The fourth-order valence-corrected chi connectivity index (χ4v) is 1.60. The van der Waals surface area contributed by atoms with Crippen LogP contribution in [0.1, 0.15) is 11.1 Å². The number of halogens is 2. The number of hydrogen-bond donors (Lipinski definition) is 0. The predicted octanol–water partition coefficient (Wildman–Crippen LogP) is 3.12. The van der Waals surface area contributed by atoms with Gasteiger partial charge in [-0.05, 0) is 42.3 Å². The molecule has 0 fully saturated rings. The van der Waals surface area contributed by atoms with Gasteiger partial charge < -0.3 is 0 Å². The molecule has 0 saturated heterocycles. The van der Waals surface area contributed by atoms with E-state index in [1.165, 1.54) is 24.4 Å². The molecule has 0 N–H and O–H groups in total. The van der Waals surface area contributed by atoms with Crippen LogP contribution in [-0.2, 0) is 0 Å². The van der Waals surface area contributed by atoms with Crippen molar-refractivity contribution in [1.82, 2.24) is 9.97 Å². The van der Waals surface area contributed by atoms with Gasteiger partial charge in [-0.25, -0.2) is 14.4 Å². The van der Waals surface area contributed by atoms with E-state index in [4.69, 9.17) is 16.9 Å². The first-order valence-electron chi connectivity index (χ1n) is 4.81. The highest BCUT2D eigenvalue weighted by molar-refractivity contribution is 6.28. The topological polar surface area (TPSA) is 49.6 Å². The van der Waals surface area contributed by atoms with Gasteiger partial charge in [0.1, 0.15) is 5.82 Å². The van der Waals surface area contributed by atoms with Crippen molar-refractivity contribution in [3.8, 4) is 17.3 Å². The van der Waals surface area contributed by atoms with Crippen LogP contribution in [0.3, 0.4) is 0 Å². The molecular weight excluding hydrogens is 241 g/mol. The molecule has 0 aliphatic heterocycles. The van der Waals surface area contributed by atoms with Crippen molar-refractivity contribution in [3.63, 3.8) is 0 Å². The Hall–Kier alpha value is -1.99. The van der Waals surface area contributed by atoms with Crippen LogP contribution in [0.2, 0.25) is 5.28 Å². The van der Waals surface area contributed by atoms with E-state index in [-0.39, 0.29) is 10.8 Å². The summed E-state index contributed by atoms with van der Waals surface area (Å²) in [5, 5.41) is 8.72. The van der Waals surface area contributed by atoms with Gasteiger partial charge in [0.15, 0.2) is 0 Å². The van der Waals surface area contributed by atoms with E-state index in [9.17, 15) is 4.39 Å². The van der Waals surface area contributed by atoms with Gasteiger partial charge in [-0.1, -0.05) is 0 Å². The van der Waals surface area contributed by atoms with Crippen molar-refractivity contribution in [3.05, 3.63) is 46.6 Å². The molecule has 0 spiro atoms. The fourth-order valence-electron chi connectivity index (χ4n) is 1.47. The quantitative estimate of drug-likeness (QED) is 0.728. The number of aryl methyl sites for hydroxylation is 1. The first-order chi connectivity index (χ1) is 8.11. The molecule has 0 bridgehead atoms. The van der Waals surface area contributed by atoms with Gasteiger partial charge in [0.2, 0.25) is 5.28 Å². The van der Waals surface area contributed by atoms with Crippen molar-refractivity contribution in [2.45, 2.75) is 6.92 Å². The summed E-state index contributed by atoms with van der Waals surface area (Å²) in [5.41, 5.74) is 1.74. The molecule has 5 heteroatoms. The van der Waals surface area contributed by atoms with Gasteiger partial charge in [-0.2, -0.15) is 5.26 Å². The standard InChI is InChI=1S/C12H7ClFN3/c1-7-6-16-12(13)17-11(7)9-3-2-8(5-15)4-10(9)14/h2-4,6H,1H3. The summed E-state index contributed by atoms with van der Waals surface area (Å²) < 4.78 is 13.8. The third kappa shape index (κ3) is 2.24. The number of aromatic nitrogens is 2. The zero-order chi connectivity index (χ0) is 12.4. The molecule has 17 heavy (non-hydrogen) atoms. The molecule has 0 atom stereocenters. The summed E-state index contributed by atoms with van der Waals surface area (Å²) in [4.78, 5) is 7.80. The minimum Gasteiger partial charge on any atom is -0.226 e. The SMILES string of the molecule is Cc1cnc(Cl)nc1-c1ccc(C#N)cc1F. The lowest BCUT2D eigenvalue weighted by molar-refractivity contribution is 0.630. The Morgan fingerprint density at radius 1 is 1.41 bits per heavy atom. The number of hydrogen-bond acceptors (Lipinski definition) is 3. The molecule has 0 unspecified atom stereocenters. The Morgan fingerprint density at radius 2 is 2.18 bits per heavy atom. The molecule has 1 aromatic heterocycles. The highest BCUT2D eigenvalue weighted by Gasteiger charge is 2.11. The second-order valence-corrected chi connectivity index (χ2v) is 3.82. The number of nitriles is 1. The molecule has 84 valence electrons. The minimum absolute atomic E-state index is 0.0642. The maximum atomic E-state index is 13.8. The Kier molecular flexibility index (Phi) is 3.03. The Bertz CT molecular complexity index is 620. The second kappa shape index (κ2) is 4.48. The summed E-state index contributed by atoms with van der Waals surface area (Å²) in [6.07, 6.45) is 1.53. The highest BCUT2D eigenvalue weighted by Crippen LogP contribution is 2.25. The molecule has 2 rings (SSSR count). The third-order valence-corrected chi connectivity index (χ3v) is 2.48. The molecule has 0 aliphatic rings. The van der Waals surface area contributed by atoms with E-state index in [1.54, 1.807) is 6.92 Å². The molecule has 0 radical (unpaired) electrons. The van der Waals surface area contributed by atoms with E-state index < -0.39 is 5.82 Å². The van der Waals surface area contributed by atoms with Gasteiger partial charge in [0.05, 0.1) is 17.3 Å². The largest absolute Gasteiger partial charge is 0.226 e. The molecule has 2 aromatic rings. The first-order valence-corrected chi connectivity index (χ1v) is 5.19. The summed E-state index contributed by atoms with van der Waals surface area (Å²) >= 11 is 5.68. The van der Waals surface area contributed by atoms with Gasteiger partial charge in [-0.15, -0.1) is 0 Å². The zero-order valence-corrected chi connectivity index (χ0v) is 9.66. The molecule has 1 aromatic carbocycles. The lowest BCUT2D eigenvalue weighted by Crippen LogP contribution is -1.94. The molecule has 0 saturated carbocycles. The molecule has 3 nitrogen and oxygen atoms in total. The van der Waals surface area contributed by atoms with Crippen LogP contribution < -0.4 is 0 Å². The Labute approximate surface area is 103 Å². The van der Waals surface area contributed by atoms with Crippen LogP contribution in [0, 0.1) is 24.1 Å². The van der Waals surface area contributed by atoms with Gasteiger partial charge in [0, 0.05) is 11.8 Å². The molecule has 1 heterocycles. The minimum atomic E-state index is -0.498. The predicted molar refractivity (Wildman–Crippen MR) is 61.9 cm³/mol. The maximum Gasteiger partial charge on any atom is 0.222 e. The van der Waals surface area contributed by atoms with Gasteiger partial charge >= 0.3 is 0 Å². The van der Waals surface area contributed by atoms with Crippen LogP contribution in [0.25, 0.3) is 11.3 Å².